The predicted molar refractivity (Wildman–Crippen MR) is 60.5 cm³/mol. The van der Waals surface area contributed by atoms with E-state index in [4.69, 9.17) is 5.84 Å². The van der Waals surface area contributed by atoms with Crippen LogP contribution in [0.1, 0.15) is 31.4 Å². The van der Waals surface area contributed by atoms with Gasteiger partial charge in [-0.3, -0.25) is 11.3 Å². The zero-order valence-electron chi connectivity index (χ0n) is 9.26. The molecule has 0 bridgehead atoms. The highest BCUT2D eigenvalue weighted by Gasteiger charge is 2.12. The lowest BCUT2D eigenvalue weighted by atomic mass is 9.99. The molecule has 1 rings (SSSR count). The first-order chi connectivity index (χ1) is 7.56. The molecule has 0 aliphatic carbocycles. The van der Waals surface area contributed by atoms with Crippen LogP contribution in [0, 0.1) is 11.6 Å². The second-order valence-corrected chi connectivity index (χ2v) is 3.73. The molecule has 1 unspecified atom stereocenters. The van der Waals surface area contributed by atoms with Gasteiger partial charge in [0.15, 0.2) is 0 Å². The monoisotopic (exact) mass is 226 g/mol. The molecule has 0 fully saturated rings. The van der Waals surface area contributed by atoms with Gasteiger partial charge in [-0.25, -0.2) is 8.78 Å². The molecule has 1 aromatic carbocycles. The summed E-state index contributed by atoms with van der Waals surface area (Å²) in [4.78, 5) is 0. The van der Waals surface area contributed by atoms with Crippen molar-refractivity contribution >= 4 is 0 Å². The molecule has 2 nitrogen and oxygen atoms in total. The summed E-state index contributed by atoms with van der Waals surface area (Å²) >= 11 is 0. The van der Waals surface area contributed by atoms with Gasteiger partial charge in [0.25, 0.3) is 0 Å². The van der Waals surface area contributed by atoms with Gasteiger partial charge in [0.2, 0.25) is 0 Å². The second-order valence-electron chi connectivity index (χ2n) is 3.73. The van der Waals surface area contributed by atoms with Gasteiger partial charge in [-0.1, -0.05) is 19.1 Å². The summed E-state index contributed by atoms with van der Waals surface area (Å²) in [6.07, 6.45) is 1.38. The summed E-state index contributed by atoms with van der Waals surface area (Å²) in [5.74, 6) is 4.17. The first-order valence-electron chi connectivity index (χ1n) is 5.15. The van der Waals surface area contributed by atoms with E-state index in [-0.39, 0.29) is 6.04 Å². The first-order valence-corrected chi connectivity index (χ1v) is 5.15. The molecular formula is C12H16F2N2. The van der Waals surface area contributed by atoms with E-state index >= 15 is 0 Å². The van der Waals surface area contributed by atoms with Gasteiger partial charge in [-0.15, -0.1) is 0 Å². The smallest absolute Gasteiger partial charge is 0.126 e. The highest BCUT2D eigenvalue weighted by Crippen LogP contribution is 2.22. The average molecular weight is 226 g/mol. The van der Waals surface area contributed by atoms with Crippen molar-refractivity contribution in [2.75, 3.05) is 0 Å². The number of benzene rings is 1. The normalized spacial score (nSPS) is 12.5. The first kappa shape index (κ1) is 12.8. The molecule has 88 valence electrons. The minimum absolute atomic E-state index is 0.308. The van der Waals surface area contributed by atoms with E-state index in [1.807, 2.05) is 6.92 Å². The maximum Gasteiger partial charge on any atom is 0.126 e. The molecule has 0 saturated carbocycles. The van der Waals surface area contributed by atoms with Crippen LogP contribution in [0.2, 0.25) is 0 Å². The second kappa shape index (κ2) is 5.72. The van der Waals surface area contributed by atoms with Gasteiger partial charge >= 0.3 is 0 Å². The summed E-state index contributed by atoms with van der Waals surface area (Å²) in [5.41, 5.74) is 4.02. The molecule has 1 atom stereocenters. The van der Waals surface area contributed by atoms with E-state index in [9.17, 15) is 8.78 Å². The number of nitrogens with one attached hydrogen (secondary N) is 1. The molecular weight excluding hydrogens is 210 g/mol. The van der Waals surface area contributed by atoms with Crippen molar-refractivity contribution in [2.24, 2.45) is 5.84 Å². The van der Waals surface area contributed by atoms with Crippen molar-refractivity contribution in [3.63, 3.8) is 0 Å². The Bertz CT molecular complexity index is 357. The number of rotatable bonds is 5. The molecule has 0 aliphatic rings. The van der Waals surface area contributed by atoms with Gasteiger partial charge in [-0.2, -0.15) is 0 Å². The summed E-state index contributed by atoms with van der Waals surface area (Å²) in [6, 6.07) is 3.08. The fourth-order valence-electron chi connectivity index (χ4n) is 1.48. The molecule has 0 amide bonds. The van der Waals surface area contributed by atoms with Gasteiger partial charge in [0, 0.05) is 12.1 Å². The summed E-state index contributed by atoms with van der Waals surface area (Å²) < 4.78 is 26.0. The van der Waals surface area contributed by atoms with Crippen molar-refractivity contribution in [2.45, 2.75) is 25.8 Å². The molecule has 16 heavy (non-hydrogen) atoms. The van der Waals surface area contributed by atoms with E-state index in [1.165, 1.54) is 12.1 Å². The zero-order chi connectivity index (χ0) is 12.1. The average Bonchev–Trinajstić information content (AvgIpc) is 2.24. The number of hydrogen-bond donors (Lipinski definition) is 2. The quantitative estimate of drug-likeness (QED) is 0.460. The Labute approximate surface area is 94.1 Å². The summed E-state index contributed by atoms with van der Waals surface area (Å²) in [6.45, 7) is 5.82. The summed E-state index contributed by atoms with van der Waals surface area (Å²) in [7, 11) is 0. The Morgan fingerprint density at radius 1 is 1.38 bits per heavy atom. The van der Waals surface area contributed by atoms with Crippen molar-refractivity contribution in [1.82, 2.24) is 5.43 Å². The van der Waals surface area contributed by atoms with Crippen LogP contribution in [-0.4, -0.2) is 0 Å². The molecule has 4 heteroatoms. The maximum absolute atomic E-state index is 13.0. The van der Waals surface area contributed by atoms with E-state index in [2.05, 4.69) is 12.0 Å². The highest BCUT2D eigenvalue weighted by atomic mass is 19.1. The van der Waals surface area contributed by atoms with Gasteiger partial charge in [0.05, 0.1) is 0 Å². The Hall–Kier alpha value is -1.26. The third-order valence-corrected chi connectivity index (χ3v) is 2.48. The van der Waals surface area contributed by atoms with Crippen LogP contribution in [0.25, 0.3) is 0 Å². The maximum atomic E-state index is 13.0. The summed E-state index contributed by atoms with van der Waals surface area (Å²) in [5, 5.41) is 0. The Balaban J connectivity index is 2.90. The molecule has 0 radical (unpaired) electrons. The van der Waals surface area contributed by atoms with E-state index in [0.29, 0.717) is 12.0 Å². The van der Waals surface area contributed by atoms with Crippen LogP contribution in [0.4, 0.5) is 8.78 Å². The van der Waals surface area contributed by atoms with Gasteiger partial charge in [0.1, 0.15) is 11.6 Å². The van der Waals surface area contributed by atoms with Crippen molar-refractivity contribution < 1.29 is 8.78 Å². The third kappa shape index (κ3) is 3.40. The minimum atomic E-state index is -0.600. The Morgan fingerprint density at radius 2 is 1.94 bits per heavy atom. The molecule has 0 aliphatic heterocycles. The molecule has 0 saturated heterocycles. The van der Waals surface area contributed by atoms with Crippen molar-refractivity contribution in [3.8, 4) is 0 Å². The Morgan fingerprint density at radius 3 is 2.38 bits per heavy atom. The fraction of sp³-hybridized carbons (Fsp3) is 0.333. The van der Waals surface area contributed by atoms with Gasteiger partial charge in [-0.05, 0) is 30.5 Å². The number of halogens is 2. The highest BCUT2D eigenvalue weighted by molar-refractivity contribution is 5.22. The topological polar surface area (TPSA) is 38.0 Å². The molecule has 1 aromatic rings. The largest absolute Gasteiger partial charge is 0.271 e. The fourth-order valence-corrected chi connectivity index (χ4v) is 1.48. The molecule has 0 spiro atoms. The lowest BCUT2D eigenvalue weighted by Crippen LogP contribution is -2.28. The van der Waals surface area contributed by atoms with E-state index < -0.39 is 11.6 Å². The van der Waals surface area contributed by atoms with Crippen LogP contribution in [0.5, 0.6) is 0 Å². The van der Waals surface area contributed by atoms with Crippen molar-refractivity contribution in [3.05, 3.63) is 47.5 Å². The van der Waals surface area contributed by atoms with Crippen LogP contribution in [-0.2, 0) is 0 Å². The van der Waals surface area contributed by atoms with Crippen LogP contribution >= 0.6 is 0 Å². The Kier molecular flexibility index (Phi) is 4.58. The molecule has 3 N–H and O–H groups in total. The number of nitrogens with two attached hydrogens (primary N) is 1. The van der Waals surface area contributed by atoms with Gasteiger partial charge < -0.3 is 0 Å². The third-order valence-electron chi connectivity index (χ3n) is 2.48. The SMILES string of the molecule is C=C(CC)CC(NN)c1cc(F)cc(F)c1. The standard InChI is InChI=1S/C12H16F2N2/c1-3-8(2)4-12(16-15)9-5-10(13)7-11(14)6-9/h5-7,12,16H,2-4,15H2,1H3. The number of hydrazine groups is 1. The molecule has 0 aromatic heterocycles. The number of hydrogen-bond acceptors (Lipinski definition) is 2. The zero-order valence-corrected chi connectivity index (χ0v) is 9.26. The lowest BCUT2D eigenvalue weighted by molar-refractivity contribution is 0.525. The van der Waals surface area contributed by atoms with E-state index in [0.717, 1.165) is 18.1 Å². The minimum Gasteiger partial charge on any atom is -0.271 e. The van der Waals surface area contributed by atoms with Crippen LogP contribution in [0.3, 0.4) is 0 Å². The van der Waals surface area contributed by atoms with Crippen molar-refractivity contribution in [1.29, 1.82) is 0 Å². The van der Waals surface area contributed by atoms with E-state index in [1.54, 1.807) is 0 Å². The van der Waals surface area contributed by atoms with Crippen LogP contribution < -0.4 is 11.3 Å². The molecule has 0 heterocycles. The predicted octanol–water partition coefficient (Wildman–Crippen LogP) is 2.83. The lowest BCUT2D eigenvalue weighted by Gasteiger charge is -2.17. The van der Waals surface area contributed by atoms with Crippen LogP contribution in [0.15, 0.2) is 30.4 Å².